The maximum absolute atomic E-state index is 13.2. The van der Waals surface area contributed by atoms with Crippen molar-refractivity contribution < 1.29 is 14.0 Å². The Labute approximate surface area is 205 Å². The average Bonchev–Trinajstić information content (AvgIpc) is 3.14. The second-order valence-electron chi connectivity index (χ2n) is 8.69. The van der Waals surface area contributed by atoms with E-state index >= 15 is 0 Å². The van der Waals surface area contributed by atoms with Gasteiger partial charge in [0.2, 0.25) is 5.91 Å². The first kappa shape index (κ1) is 24.3. The minimum Gasteiger partial charge on any atom is -0.353 e. The Hall–Kier alpha value is -3.81. The van der Waals surface area contributed by atoms with Crippen molar-refractivity contribution in [3.63, 3.8) is 0 Å². The van der Waals surface area contributed by atoms with Crippen LogP contribution in [-0.4, -0.2) is 71.1 Å². The first-order chi connectivity index (χ1) is 16.9. The second kappa shape index (κ2) is 11.1. The number of amides is 2. The SMILES string of the molecule is CCN(CC(=O)N1CCCN(c2ccc(-c3ccc(F)cc3)nn2)CC1)C(=O)c1ccc(C)cc1. The van der Waals surface area contributed by atoms with Crippen LogP contribution in [0.1, 0.15) is 29.3 Å². The highest BCUT2D eigenvalue weighted by atomic mass is 19.1. The Balaban J connectivity index is 1.35. The van der Waals surface area contributed by atoms with Crippen LogP contribution in [-0.2, 0) is 4.79 Å². The molecule has 0 unspecified atom stereocenters. The molecule has 0 saturated carbocycles. The lowest BCUT2D eigenvalue weighted by molar-refractivity contribution is -0.131. The molecule has 4 rings (SSSR count). The number of benzene rings is 2. The molecule has 1 saturated heterocycles. The monoisotopic (exact) mass is 475 g/mol. The normalized spacial score (nSPS) is 13.9. The summed E-state index contributed by atoms with van der Waals surface area (Å²) in [6.45, 7) is 6.97. The first-order valence-electron chi connectivity index (χ1n) is 11.9. The quantitative estimate of drug-likeness (QED) is 0.543. The molecular weight excluding hydrogens is 445 g/mol. The molecule has 2 amide bonds. The number of aromatic nitrogens is 2. The van der Waals surface area contributed by atoms with Crippen molar-refractivity contribution in [3.05, 3.63) is 77.6 Å². The third-order valence-corrected chi connectivity index (χ3v) is 6.26. The number of carbonyl (C=O) groups is 2. The first-order valence-corrected chi connectivity index (χ1v) is 11.9. The van der Waals surface area contributed by atoms with Gasteiger partial charge in [-0.15, -0.1) is 10.2 Å². The van der Waals surface area contributed by atoms with Crippen LogP contribution in [0.5, 0.6) is 0 Å². The lowest BCUT2D eigenvalue weighted by Gasteiger charge is -2.26. The lowest BCUT2D eigenvalue weighted by atomic mass is 10.1. The summed E-state index contributed by atoms with van der Waals surface area (Å²) >= 11 is 0. The highest BCUT2D eigenvalue weighted by Crippen LogP contribution is 2.20. The van der Waals surface area contributed by atoms with Gasteiger partial charge in [-0.05, 0) is 68.8 Å². The highest BCUT2D eigenvalue weighted by Gasteiger charge is 2.24. The predicted molar refractivity (Wildman–Crippen MR) is 134 cm³/mol. The Kier molecular flexibility index (Phi) is 7.70. The zero-order valence-corrected chi connectivity index (χ0v) is 20.2. The van der Waals surface area contributed by atoms with E-state index in [-0.39, 0.29) is 24.2 Å². The molecule has 1 fully saturated rings. The summed E-state index contributed by atoms with van der Waals surface area (Å²) < 4.78 is 13.2. The van der Waals surface area contributed by atoms with Gasteiger partial charge in [0.15, 0.2) is 5.82 Å². The summed E-state index contributed by atoms with van der Waals surface area (Å²) in [5.74, 6) is 0.277. The number of carbonyl (C=O) groups excluding carboxylic acids is 2. The van der Waals surface area contributed by atoms with E-state index in [0.717, 1.165) is 29.9 Å². The largest absolute Gasteiger partial charge is 0.353 e. The lowest BCUT2D eigenvalue weighted by Crippen LogP contribution is -2.44. The molecule has 7 nitrogen and oxygen atoms in total. The zero-order chi connectivity index (χ0) is 24.8. The van der Waals surface area contributed by atoms with Crippen molar-refractivity contribution in [2.45, 2.75) is 20.3 Å². The minimum atomic E-state index is -0.288. The molecule has 0 bridgehead atoms. The molecule has 2 heterocycles. The topological polar surface area (TPSA) is 69.6 Å². The second-order valence-corrected chi connectivity index (χ2v) is 8.69. The van der Waals surface area contributed by atoms with Gasteiger partial charge in [0.1, 0.15) is 12.4 Å². The van der Waals surface area contributed by atoms with Gasteiger partial charge in [-0.2, -0.15) is 0 Å². The van der Waals surface area contributed by atoms with Crippen LogP contribution in [0, 0.1) is 12.7 Å². The smallest absolute Gasteiger partial charge is 0.254 e. The van der Waals surface area contributed by atoms with Crippen molar-refractivity contribution in [1.82, 2.24) is 20.0 Å². The molecule has 0 atom stereocenters. The van der Waals surface area contributed by atoms with Crippen LogP contribution in [0.25, 0.3) is 11.3 Å². The van der Waals surface area contributed by atoms with E-state index in [1.807, 2.05) is 43.0 Å². The van der Waals surface area contributed by atoms with Crippen LogP contribution >= 0.6 is 0 Å². The van der Waals surface area contributed by atoms with E-state index in [2.05, 4.69) is 15.1 Å². The van der Waals surface area contributed by atoms with Gasteiger partial charge in [-0.3, -0.25) is 9.59 Å². The fraction of sp³-hybridized carbons (Fsp3) is 0.333. The van der Waals surface area contributed by atoms with Crippen LogP contribution in [0.2, 0.25) is 0 Å². The molecule has 0 spiro atoms. The van der Waals surface area contributed by atoms with Crippen molar-refractivity contribution in [3.8, 4) is 11.3 Å². The molecule has 8 heteroatoms. The molecule has 182 valence electrons. The number of likely N-dealkylation sites (N-methyl/N-ethyl adjacent to an activating group) is 1. The molecule has 35 heavy (non-hydrogen) atoms. The molecule has 2 aromatic carbocycles. The van der Waals surface area contributed by atoms with Gasteiger partial charge in [0.05, 0.1) is 5.69 Å². The van der Waals surface area contributed by atoms with Gasteiger partial charge in [0, 0.05) is 43.9 Å². The molecule has 0 aliphatic carbocycles. The summed E-state index contributed by atoms with van der Waals surface area (Å²) in [4.78, 5) is 31.4. The van der Waals surface area contributed by atoms with E-state index in [9.17, 15) is 14.0 Å². The molecule has 3 aromatic rings. The zero-order valence-electron chi connectivity index (χ0n) is 20.2. The van der Waals surface area contributed by atoms with E-state index < -0.39 is 0 Å². The van der Waals surface area contributed by atoms with Gasteiger partial charge < -0.3 is 14.7 Å². The highest BCUT2D eigenvalue weighted by molar-refractivity contribution is 5.96. The number of halogens is 1. The molecular formula is C27H30FN5O2. The van der Waals surface area contributed by atoms with Crippen molar-refractivity contribution in [1.29, 1.82) is 0 Å². The molecule has 1 aromatic heterocycles. The van der Waals surface area contributed by atoms with Gasteiger partial charge >= 0.3 is 0 Å². The maximum atomic E-state index is 13.2. The summed E-state index contributed by atoms with van der Waals surface area (Å²) in [5, 5.41) is 8.67. The molecule has 1 aliphatic rings. The summed E-state index contributed by atoms with van der Waals surface area (Å²) in [7, 11) is 0. The number of nitrogens with zero attached hydrogens (tertiary/aromatic N) is 5. The standard InChI is InChI=1S/C27H30FN5O2/c1-3-31(27(35)22-7-5-20(2)6-8-22)19-26(34)33-16-4-15-32(17-18-33)25-14-13-24(29-30-25)21-9-11-23(28)12-10-21/h5-14H,3-4,15-19H2,1-2H3. The number of aryl methyl sites for hydroxylation is 1. The van der Waals surface area contributed by atoms with Crippen molar-refractivity contribution in [2.24, 2.45) is 0 Å². The Morgan fingerprint density at radius 1 is 0.914 bits per heavy atom. The van der Waals surface area contributed by atoms with Crippen molar-refractivity contribution in [2.75, 3.05) is 44.2 Å². The van der Waals surface area contributed by atoms with Crippen LogP contribution in [0.15, 0.2) is 60.7 Å². The molecule has 0 radical (unpaired) electrons. The third kappa shape index (κ3) is 6.01. The summed E-state index contributed by atoms with van der Waals surface area (Å²) in [5.41, 5.74) is 3.16. The van der Waals surface area contributed by atoms with E-state index in [0.29, 0.717) is 37.4 Å². The van der Waals surface area contributed by atoms with E-state index in [4.69, 9.17) is 0 Å². The van der Waals surface area contributed by atoms with Crippen LogP contribution in [0.4, 0.5) is 10.2 Å². The number of anilines is 1. The summed E-state index contributed by atoms with van der Waals surface area (Å²) in [6.07, 6.45) is 0.797. The fourth-order valence-electron chi connectivity index (χ4n) is 4.13. The third-order valence-electron chi connectivity index (χ3n) is 6.26. The van der Waals surface area contributed by atoms with Crippen molar-refractivity contribution >= 4 is 17.6 Å². The molecule has 1 aliphatic heterocycles. The fourth-order valence-corrected chi connectivity index (χ4v) is 4.13. The summed E-state index contributed by atoms with van der Waals surface area (Å²) in [6, 6.07) is 17.4. The van der Waals surface area contributed by atoms with Gasteiger partial charge in [-0.25, -0.2) is 4.39 Å². The minimum absolute atomic E-state index is 0.0492. The Morgan fingerprint density at radius 2 is 1.66 bits per heavy atom. The van der Waals surface area contributed by atoms with Gasteiger partial charge in [-0.1, -0.05) is 17.7 Å². The van der Waals surface area contributed by atoms with Crippen LogP contribution < -0.4 is 4.90 Å². The van der Waals surface area contributed by atoms with E-state index in [1.54, 1.807) is 29.2 Å². The number of rotatable bonds is 6. The number of hydrogen-bond acceptors (Lipinski definition) is 5. The van der Waals surface area contributed by atoms with Gasteiger partial charge in [0.25, 0.3) is 5.91 Å². The Morgan fingerprint density at radius 3 is 2.31 bits per heavy atom. The maximum Gasteiger partial charge on any atom is 0.254 e. The van der Waals surface area contributed by atoms with Crippen LogP contribution in [0.3, 0.4) is 0 Å². The average molecular weight is 476 g/mol. The predicted octanol–water partition coefficient (Wildman–Crippen LogP) is 3.79. The Bertz CT molecular complexity index is 1150. The molecule has 0 N–H and O–H groups in total. The van der Waals surface area contributed by atoms with E-state index in [1.165, 1.54) is 12.1 Å². The number of hydrogen-bond donors (Lipinski definition) is 0.